The Bertz CT molecular complexity index is 5630. The van der Waals surface area contributed by atoms with Crippen LogP contribution in [0.1, 0.15) is 94.0 Å². The molecule has 4 fully saturated rings. The zero-order valence-electron chi connectivity index (χ0n) is 82.1. The van der Waals surface area contributed by atoms with Crippen molar-refractivity contribution in [1.29, 1.82) is 0 Å². The Morgan fingerprint density at radius 1 is 0.420 bits per heavy atom. The third kappa shape index (κ3) is 25.4. The van der Waals surface area contributed by atoms with E-state index in [4.69, 9.17) is 9.47 Å². The number of carbonyl (C=O) groups excluding carboxylic acids is 3. The van der Waals surface area contributed by atoms with Gasteiger partial charge in [-0.15, -0.1) is 6.58 Å². The van der Waals surface area contributed by atoms with Crippen LogP contribution in [0.2, 0.25) is 0 Å². The number of aromatic hydroxyl groups is 2. The van der Waals surface area contributed by atoms with E-state index in [1.807, 2.05) is 43.3 Å². The largest absolute Gasteiger partial charge is 0.504 e. The molecule has 4 heterocycles. The second-order valence-electron chi connectivity index (χ2n) is 34.9. The van der Waals surface area contributed by atoms with Gasteiger partial charge in [0, 0.05) is 56.1 Å². The maximum atomic E-state index is 12.6. The number of aryl methyl sites for hydroxylation is 1. The van der Waals surface area contributed by atoms with Crippen LogP contribution in [0, 0.1) is 20.8 Å². The molecule has 5 N–H and O–H groups in total. The third-order valence-corrected chi connectivity index (χ3v) is 36.7. The Kier molecular flexibility index (Phi) is 40.8. The van der Waals surface area contributed by atoms with Gasteiger partial charge in [-0.2, -0.15) is 13.8 Å². The van der Waals surface area contributed by atoms with Crippen molar-refractivity contribution in [2.24, 2.45) is 3.57 Å². The number of hydrogen-bond acceptors (Lipinski definition) is 13. The van der Waals surface area contributed by atoms with E-state index in [2.05, 4.69) is 448 Å². The molecule has 0 aromatic heterocycles. The third-order valence-electron chi connectivity index (χ3n) is 26.4. The summed E-state index contributed by atoms with van der Waals surface area (Å²) in [6.07, 6.45) is 6.41. The minimum atomic E-state index is -1.00. The molecule has 18 heteroatoms. The predicted octanol–water partition coefficient (Wildman–Crippen LogP) is 20.6. The predicted molar refractivity (Wildman–Crippen MR) is 594 cm³/mol. The van der Waals surface area contributed by atoms with Crippen LogP contribution in [-0.4, -0.2) is 111 Å². The number of carbonyl (C=O) groups is 3. The number of Topliss-reactive ketones (excluding diaryl/α,β-unsaturated/α-hetero) is 2. The average Bonchev–Trinajstić information content (AvgIpc) is 1.51. The van der Waals surface area contributed by atoms with E-state index in [0.717, 1.165) is 48.4 Å². The number of phenols is 2. The molecule has 2 spiro atoms. The first-order valence-corrected chi connectivity index (χ1v) is 54.9. The van der Waals surface area contributed by atoms with E-state index in [0.29, 0.717) is 69.5 Å². The van der Waals surface area contributed by atoms with Crippen LogP contribution in [0.15, 0.2) is 447 Å². The summed E-state index contributed by atoms with van der Waals surface area (Å²) >= 11 is 2.66. The first kappa shape index (κ1) is 108. The van der Waals surface area contributed by atoms with Gasteiger partial charge in [0.1, 0.15) is 6.61 Å². The molecule has 8 aliphatic rings. The summed E-state index contributed by atoms with van der Waals surface area (Å²) in [6, 6.07) is 147. The maximum absolute atomic E-state index is 12.6. The van der Waals surface area contributed by atoms with E-state index in [-0.39, 0.29) is 41.1 Å². The Hall–Kier alpha value is -12.2. The second-order valence-corrected chi connectivity index (χ2v) is 44.2. The molecule has 0 unspecified atom stereocenters. The first-order valence-electron chi connectivity index (χ1n) is 48.8. The molecular weight excluding hydrogens is 1930 g/mol. The molecule has 15 aromatic carbocycles. The van der Waals surface area contributed by atoms with Gasteiger partial charge in [-0.1, -0.05) is 431 Å². The number of benzene rings is 15. The second kappa shape index (κ2) is 53.9. The average molecular weight is 2060 g/mol. The molecule has 143 heavy (non-hydrogen) atoms. The van der Waals surface area contributed by atoms with Crippen molar-refractivity contribution >= 4 is 113 Å². The van der Waals surface area contributed by atoms with Gasteiger partial charge < -0.3 is 53.8 Å². The molecule has 8 atom stereocenters. The summed E-state index contributed by atoms with van der Waals surface area (Å²) in [7, 11) is -1.78. The quantitative estimate of drug-likeness (QED) is 0.0191. The summed E-state index contributed by atoms with van der Waals surface area (Å²) in [5.74, 6) is 0.806. The molecule has 2 saturated heterocycles. The summed E-state index contributed by atoms with van der Waals surface area (Å²) < 4.78 is 19.9. The number of ketones is 2. The topological polar surface area (TPSA) is 187 Å². The van der Waals surface area contributed by atoms with Crippen molar-refractivity contribution < 1.29 is 68.0 Å². The van der Waals surface area contributed by atoms with Crippen molar-refractivity contribution in [2.45, 2.75) is 132 Å². The Morgan fingerprint density at radius 2 is 0.685 bits per heavy atom. The fraction of sp³-hybridized carbons (Fsp3) is 0.208. The number of piperidine rings is 2. The molecule has 23 rings (SSSR count). The number of ether oxygens (including phenoxy) is 3. The molecular formula is C125H129N3O10P4Pd-2. The fourth-order valence-corrected chi connectivity index (χ4v) is 29.7. The number of hydrogen-bond donors (Lipinski definition) is 5. The van der Waals surface area contributed by atoms with Gasteiger partial charge in [0.2, 0.25) is 0 Å². The van der Waals surface area contributed by atoms with E-state index in [1.54, 1.807) is 26.0 Å². The number of phenolic OH excluding ortho intramolecular Hbond substituents is 2. The van der Waals surface area contributed by atoms with Gasteiger partial charge in [0.25, 0.3) is 0 Å². The van der Waals surface area contributed by atoms with Crippen LogP contribution >= 0.6 is 31.7 Å². The zero-order valence-corrected chi connectivity index (χ0v) is 87.2. The van der Waals surface area contributed by atoms with Gasteiger partial charge in [0.05, 0.1) is 22.0 Å². The van der Waals surface area contributed by atoms with E-state index >= 15 is 0 Å². The van der Waals surface area contributed by atoms with Gasteiger partial charge in [-0.05, 0) is 171 Å². The number of likely N-dealkylation sites (tertiary alicyclic amines) is 1. The van der Waals surface area contributed by atoms with Crippen molar-refractivity contribution in [2.75, 3.05) is 32.8 Å². The van der Waals surface area contributed by atoms with Crippen LogP contribution in [0.5, 0.6) is 23.0 Å². The monoisotopic (exact) mass is 2060 g/mol. The van der Waals surface area contributed by atoms with E-state index in [1.165, 1.54) is 82.2 Å². The molecule has 13 nitrogen and oxygen atoms in total. The molecule has 4 aliphatic heterocycles. The van der Waals surface area contributed by atoms with Crippen LogP contribution < -0.4 is 78.4 Å². The number of esters is 1. The molecule has 736 valence electrons. The van der Waals surface area contributed by atoms with Crippen LogP contribution in [0.25, 0.3) is 0 Å². The fourth-order valence-electron chi connectivity index (χ4n) is 20.4. The summed E-state index contributed by atoms with van der Waals surface area (Å²) in [6.45, 7) is 26.1. The molecule has 0 amide bonds. The number of aliphatic hydroxyl groups is 2. The van der Waals surface area contributed by atoms with Crippen molar-refractivity contribution in [1.82, 2.24) is 10.2 Å². The summed E-state index contributed by atoms with van der Waals surface area (Å²) in [4.78, 5) is 37.3. The van der Waals surface area contributed by atoms with Gasteiger partial charge in [-0.3, -0.25) is 19.3 Å². The van der Waals surface area contributed by atoms with Gasteiger partial charge in [-0.25, -0.2) is 0 Å². The van der Waals surface area contributed by atoms with E-state index < -0.39 is 65.9 Å². The minimum Gasteiger partial charge on any atom is -0.504 e. The first-order chi connectivity index (χ1) is 70.0. The van der Waals surface area contributed by atoms with Crippen LogP contribution in [0.4, 0.5) is 0 Å². The molecule has 15 aromatic rings. The van der Waals surface area contributed by atoms with Crippen LogP contribution in [-0.2, 0) is 61.8 Å². The Labute approximate surface area is 861 Å². The van der Waals surface area contributed by atoms with Gasteiger partial charge >= 0.3 is 42.0 Å². The molecule has 4 aliphatic carbocycles. The minimum absolute atomic E-state index is 0.0408. The van der Waals surface area contributed by atoms with Crippen molar-refractivity contribution in [3.05, 3.63) is 486 Å². The standard InChI is InChI=1S/C19H21NO4.4C18H15P.C16H17NO4.C7H8.C5H8O2.C2H5N.2C2H5.Pd/c1-2-8-20-9-7-18-15-11-3-4-12(21)16(15)24-17(18)13(22)5-6-19(18,23)14(20)10-11;4*1-4-10-16(11-5-1)19(17-12-6-2-7-13-17)18-14-8-3-9-15-18;18-9-2-1-8-7-11-16(20)4-3-10(19)14-15(16,5-6-17-11)12(8)13(9)21-14;1-7-5-3-2-4-6-7;1-3-4-7-5(2)6;1-2-3;2*1-2;/h2-4,14,17,21,23H,1,5-10H2;4*1-15H;1-2,11,14,17-18,20H,3-7H2;2-6H,1H3;3H,1,4H2,2H3;2H2,1H3;2*1H2,2H3;/q;;;;;;;;;2*-1;/t14-,17+,18+,19-;;;;;11-,14+,15+,16-;;;;;;/m1....1....../s1. The van der Waals surface area contributed by atoms with Crippen molar-refractivity contribution in [3.63, 3.8) is 0 Å². The normalized spacial score (nSPS) is 19.5. The Morgan fingerprint density at radius 3 is 0.930 bits per heavy atom. The number of rotatable bonds is 17. The molecule has 0 radical (unpaired) electrons. The van der Waals surface area contributed by atoms with Gasteiger partial charge in [0.15, 0.2) is 46.8 Å². The van der Waals surface area contributed by atoms with Crippen molar-refractivity contribution in [3.8, 4) is 23.0 Å². The maximum Gasteiger partial charge on any atom is 0.174 e. The molecule has 2 saturated carbocycles. The number of nitrogens with zero attached hydrogens (tertiary/aromatic N) is 2. The zero-order chi connectivity index (χ0) is 101. The van der Waals surface area contributed by atoms with E-state index in [9.17, 15) is 34.8 Å². The molecule has 4 bridgehead atoms. The summed E-state index contributed by atoms with van der Waals surface area (Å²) in [5.41, 5.74) is 1.91. The number of nitrogens with one attached hydrogen (secondary N) is 1. The van der Waals surface area contributed by atoms with Crippen LogP contribution in [0.3, 0.4) is 0 Å². The Balaban J connectivity index is 0.000000138. The SMILES string of the molecule is C=CCN1CC[C@]23c4c5ccc(O)c4O[C@H]2C(=O)CC[C@@]3(O)[C@H]1C5.C=CCOC(C)=O.CC[N]=[Pd].Cc1ccccc1.O=C1CC[C@@]2(O)[C@H]3Cc4ccc(O)c5c4[C@@]2(CCN3)[C@H]1O5.[CH2-]C.[CH2-]C.c1ccc(P(c2ccccc2)c2ccccc2)cc1.c1ccc(P(c2ccccc2)c2ccccc2)cc1.c1ccc(P(c2ccccc2)c2ccccc2)cc1.c1ccc(P(c2ccccc2)c2ccccc2)cc1. The summed E-state index contributed by atoms with van der Waals surface area (Å²) in [5, 5.41) is 63.9. The smallest absolute Gasteiger partial charge is 0.174 e.